The van der Waals surface area contributed by atoms with E-state index in [4.69, 9.17) is 22.7 Å². The van der Waals surface area contributed by atoms with Crippen LogP contribution < -0.4 is 0 Å². The minimum atomic E-state index is -0.578. The maximum Gasteiger partial charge on any atom is 0.182 e. The molecule has 0 saturated heterocycles. The van der Waals surface area contributed by atoms with E-state index in [-0.39, 0.29) is 5.56 Å². The first kappa shape index (κ1) is 13.0. The molecule has 0 amide bonds. The largest absolute Gasteiger partial charge is 0.329 e. The van der Waals surface area contributed by atoms with Gasteiger partial charge in [-0.15, -0.1) is 0 Å². The van der Waals surface area contributed by atoms with E-state index >= 15 is 0 Å². The Bertz CT molecular complexity index is 1000. The molecule has 2 aromatic carbocycles. The van der Waals surface area contributed by atoms with E-state index in [2.05, 4.69) is 11.1 Å². The highest BCUT2D eigenvalue weighted by Gasteiger charge is 2.11. The number of aromatic nitrogens is 2. The highest BCUT2D eigenvalue weighted by molar-refractivity contribution is 7.71. The first-order chi connectivity index (χ1) is 10.2. The van der Waals surface area contributed by atoms with Crippen molar-refractivity contribution in [2.75, 3.05) is 0 Å². The molecule has 6 heteroatoms. The number of rotatable bonds is 1. The van der Waals surface area contributed by atoms with Gasteiger partial charge in [0.15, 0.2) is 4.77 Å². The lowest BCUT2D eigenvalue weighted by Crippen LogP contribution is -1.96. The van der Waals surface area contributed by atoms with Crippen LogP contribution in [0.3, 0.4) is 0 Å². The molecule has 0 aliphatic rings. The number of hydrogen-bond donors (Lipinski definition) is 1. The molecule has 0 atom stereocenters. The van der Waals surface area contributed by atoms with Crippen LogP contribution in [0, 0.1) is 33.3 Å². The van der Waals surface area contributed by atoms with E-state index in [0.717, 1.165) is 0 Å². The highest BCUT2D eigenvalue weighted by Crippen LogP contribution is 2.23. The van der Waals surface area contributed by atoms with Crippen LogP contribution in [0.2, 0.25) is 0 Å². The number of benzene rings is 2. The Hall–Kier alpha value is -2.96. The van der Waals surface area contributed by atoms with Gasteiger partial charge in [0.2, 0.25) is 0 Å². The van der Waals surface area contributed by atoms with Crippen molar-refractivity contribution in [2.45, 2.75) is 0 Å². The molecule has 4 nitrogen and oxygen atoms in total. The van der Waals surface area contributed by atoms with Crippen LogP contribution in [0.4, 0.5) is 4.39 Å². The number of para-hydroxylation sites is 1. The fraction of sp³-hybridized carbons (Fsp3) is 0. The molecule has 1 heterocycles. The summed E-state index contributed by atoms with van der Waals surface area (Å²) in [5, 5.41) is 18.0. The number of hydrogen-bond acceptors (Lipinski definition) is 3. The van der Waals surface area contributed by atoms with Crippen molar-refractivity contribution in [3.8, 4) is 17.8 Å². The van der Waals surface area contributed by atoms with Gasteiger partial charge in [-0.1, -0.05) is 6.07 Å². The summed E-state index contributed by atoms with van der Waals surface area (Å²) in [4.78, 5) is 2.98. The molecule has 21 heavy (non-hydrogen) atoms. The van der Waals surface area contributed by atoms with Crippen molar-refractivity contribution in [1.82, 2.24) is 9.55 Å². The second kappa shape index (κ2) is 4.86. The number of aromatic amines is 1. The Kier molecular flexibility index (Phi) is 3.02. The van der Waals surface area contributed by atoms with Gasteiger partial charge in [-0.3, -0.25) is 4.57 Å². The van der Waals surface area contributed by atoms with Crippen LogP contribution in [0.15, 0.2) is 36.4 Å². The van der Waals surface area contributed by atoms with Crippen LogP contribution in [-0.2, 0) is 0 Å². The standard InChI is InChI=1S/C15H7FN4S/c16-12-5-4-11(6-10(12)8-18)20-13-3-1-2-9(7-17)14(13)19-15(20)21/h1-6H,(H,19,21). The van der Waals surface area contributed by atoms with Gasteiger partial charge in [0.25, 0.3) is 0 Å². The first-order valence-corrected chi connectivity index (χ1v) is 6.40. The normalized spacial score (nSPS) is 10.2. The number of halogens is 1. The van der Waals surface area contributed by atoms with E-state index in [1.165, 1.54) is 18.2 Å². The van der Waals surface area contributed by atoms with Crippen LogP contribution in [0.5, 0.6) is 0 Å². The molecule has 0 saturated carbocycles. The number of imidazole rings is 1. The molecule has 0 aliphatic heterocycles. The minimum Gasteiger partial charge on any atom is -0.329 e. The molecule has 3 aromatic rings. The van der Waals surface area contributed by atoms with Gasteiger partial charge >= 0.3 is 0 Å². The quantitative estimate of drug-likeness (QED) is 0.698. The number of H-pyrrole nitrogens is 1. The fourth-order valence-corrected chi connectivity index (χ4v) is 2.52. The fourth-order valence-electron chi connectivity index (χ4n) is 2.22. The predicted octanol–water partition coefficient (Wildman–Crippen LogP) is 3.57. The maximum absolute atomic E-state index is 13.4. The zero-order valence-electron chi connectivity index (χ0n) is 10.6. The second-order valence-electron chi connectivity index (χ2n) is 4.35. The SMILES string of the molecule is N#Cc1cc(-n2c(=S)[nH]c3c(C#N)cccc32)ccc1F. The number of nitrogens with zero attached hydrogens (tertiary/aromatic N) is 3. The second-order valence-corrected chi connectivity index (χ2v) is 4.74. The van der Waals surface area contributed by atoms with Gasteiger partial charge in [0.1, 0.15) is 18.0 Å². The molecule has 0 aliphatic carbocycles. The molecule has 100 valence electrons. The van der Waals surface area contributed by atoms with Crippen molar-refractivity contribution in [2.24, 2.45) is 0 Å². The summed E-state index contributed by atoms with van der Waals surface area (Å²) in [7, 11) is 0. The Morgan fingerprint density at radius 3 is 2.57 bits per heavy atom. The van der Waals surface area contributed by atoms with Gasteiger partial charge < -0.3 is 4.98 Å². The molecule has 1 aromatic heterocycles. The molecule has 0 fully saturated rings. The summed E-state index contributed by atoms with van der Waals surface area (Å²) in [5.74, 6) is -0.578. The summed E-state index contributed by atoms with van der Waals surface area (Å²) >= 11 is 5.28. The van der Waals surface area contributed by atoms with Crippen LogP contribution in [0.25, 0.3) is 16.7 Å². The minimum absolute atomic E-state index is 0.0554. The lowest BCUT2D eigenvalue weighted by Gasteiger charge is -2.05. The third-order valence-corrected chi connectivity index (χ3v) is 3.45. The number of nitriles is 2. The number of fused-ring (bicyclic) bond motifs is 1. The first-order valence-electron chi connectivity index (χ1n) is 5.99. The molecule has 0 bridgehead atoms. The number of nitrogens with one attached hydrogen (secondary N) is 1. The molecule has 0 unspecified atom stereocenters. The molecule has 1 N–H and O–H groups in total. The van der Waals surface area contributed by atoms with Gasteiger partial charge in [-0.2, -0.15) is 10.5 Å². The smallest absolute Gasteiger partial charge is 0.182 e. The van der Waals surface area contributed by atoms with Crippen molar-refractivity contribution >= 4 is 23.3 Å². The van der Waals surface area contributed by atoms with E-state index in [9.17, 15) is 4.39 Å². The zero-order chi connectivity index (χ0) is 15.0. The Morgan fingerprint density at radius 1 is 1.10 bits per heavy atom. The van der Waals surface area contributed by atoms with E-state index in [0.29, 0.717) is 27.1 Å². The molecule has 0 radical (unpaired) electrons. The van der Waals surface area contributed by atoms with Crippen molar-refractivity contribution < 1.29 is 4.39 Å². The topological polar surface area (TPSA) is 68.3 Å². The zero-order valence-corrected chi connectivity index (χ0v) is 11.4. The van der Waals surface area contributed by atoms with Crippen molar-refractivity contribution in [1.29, 1.82) is 10.5 Å². The Balaban J connectivity index is 2.37. The predicted molar refractivity (Wildman–Crippen MR) is 77.8 cm³/mol. The lowest BCUT2D eigenvalue weighted by atomic mass is 10.2. The summed E-state index contributed by atoms with van der Waals surface area (Å²) in [6, 6.07) is 13.3. The summed E-state index contributed by atoms with van der Waals surface area (Å²) < 4.78 is 15.5. The average molecular weight is 294 g/mol. The summed E-state index contributed by atoms with van der Waals surface area (Å²) in [6.45, 7) is 0. The van der Waals surface area contributed by atoms with Gasteiger partial charge in [0.05, 0.1) is 22.2 Å². The third-order valence-electron chi connectivity index (χ3n) is 3.17. The van der Waals surface area contributed by atoms with Gasteiger partial charge in [-0.25, -0.2) is 4.39 Å². The van der Waals surface area contributed by atoms with E-state index in [1.807, 2.05) is 0 Å². The van der Waals surface area contributed by atoms with E-state index in [1.54, 1.807) is 28.8 Å². The summed E-state index contributed by atoms with van der Waals surface area (Å²) in [5.41, 5.74) is 2.31. The third kappa shape index (κ3) is 1.99. The van der Waals surface area contributed by atoms with Crippen molar-refractivity contribution in [3.05, 3.63) is 58.1 Å². The average Bonchev–Trinajstić information content (AvgIpc) is 2.83. The van der Waals surface area contributed by atoms with Crippen LogP contribution >= 0.6 is 12.2 Å². The molecular formula is C15H7FN4S. The molecular weight excluding hydrogens is 287 g/mol. The monoisotopic (exact) mass is 294 g/mol. The van der Waals surface area contributed by atoms with E-state index < -0.39 is 5.82 Å². The summed E-state index contributed by atoms with van der Waals surface area (Å²) in [6.07, 6.45) is 0. The highest BCUT2D eigenvalue weighted by atomic mass is 32.1. The van der Waals surface area contributed by atoms with Gasteiger partial charge in [0, 0.05) is 5.69 Å². The van der Waals surface area contributed by atoms with Crippen LogP contribution in [0.1, 0.15) is 11.1 Å². The van der Waals surface area contributed by atoms with Crippen LogP contribution in [-0.4, -0.2) is 9.55 Å². The Labute approximate surface area is 124 Å². The lowest BCUT2D eigenvalue weighted by molar-refractivity contribution is 0.623. The Morgan fingerprint density at radius 2 is 1.86 bits per heavy atom. The molecule has 0 spiro atoms. The van der Waals surface area contributed by atoms with Gasteiger partial charge in [-0.05, 0) is 42.5 Å². The molecule has 3 rings (SSSR count). The maximum atomic E-state index is 13.4. The van der Waals surface area contributed by atoms with Crippen molar-refractivity contribution in [3.63, 3.8) is 0 Å².